The van der Waals surface area contributed by atoms with E-state index in [0.717, 1.165) is 23.4 Å². The topological polar surface area (TPSA) is 80.0 Å². The lowest BCUT2D eigenvalue weighted by molar-refractivity contribution is -0.254. The molecule has 0 atom stereocenters. The molecule has 2 aromatic carbocycles. The fourth-order valence-electron chi connectivity index (χ4n) is 3.32. The average molecular weight is 384 g/mol. The lowest BCUT2D eigenvalue weighted by Crippen LogP contribution is -2.23. The number of para-hydroxylation sites is 1. The standard InChI is InChI=1S/C24H23N3O2/c1-3-27(14-6-13-25)20-12-10-18(17(2)15-20)9-11-19-16-22(24(28)29)21-7-4-5-8-23(21)26-19/h4-5,7-12,15-16H,3,6,14H2,1-2H3,(H,28,29)/p-1/b11-9+. The molecule has 29 heavy (non-hydrogen) atoms. The molecule has 0 spiro atoms. The summed E-state index contributed by atoms with van der Waals surface area (Å²) in [6.45, 7) is 5.64. The number of carboxylic acids is 1. The highest BCUT2D eigenvalue weighted by Gasteiger charge is 2.07. The van der Waals surface area contributed by atoms with Crippen LogP contribution in [0.15, 0.2) is 48.5 Å². The summed E-state index contributed by atoms with van der Waals surface area (Å²) in [6, 6.07) is 17.0. The van der Waals surface area contributed by atoms with Gasteiger partial charge in [-0.15, -0.1) is 0 Å². The van der Waals surface area contributed by atoms with E-state index in [9.17, 15) is 9.90 Å². The van der Waals surface area contributed by atoms with Crippen molar-refractivity contribution in [2.24, 2.45) is 0 Å². The van der Waals surface area contributed by atoms with Gasteiger partial charge in [-0.2, -0.15) is 5.26 Å². The van der Waals surface area contributed by atoms with Crippen LogP contribution in [0, 0.1) is 18.3 Å². The van der Waals surface area contributed by atoms with Crippen molar-refractivity contribution < 1.29 is 9.90 Å². The maximum atomic E-state index is 11.5. The number of carboxylic acid groups (broad SMARTS) is 1. The Morgan fingerprint density at radius 2 is 2.00 bits per heavy atom. The van der Waals surface area contributed by atoms with Crippen LogP contribution in [0.25, 0.3) is 23.1 Å². The molecule has 5 nitrogen and oxygen atoms in total. The fourth-order valence-corrected chi connectivity index (χ4v) is 3.32. The summed E-state index contributed by atoms with van der Waals surface area (Å²) < 4.78 is 0. The van der Waals surface area contributed by atoms with Crippen molar-refractivity contribution in [3.8, 4) is 6.07 Å². The highest BCUT2D eigenvalue weighted by Crippen LogP contribution is 2.22. The minimum Gasteiger partial charge on any atom is -0.545 e. The molecule has 0 radical (unpaired) electrons. The highest BCUT2D eigenvalue weighted by molar-refractivity contribution is 6.02. The van der Waals surface area contributed by atoms with Gasteiger partial charge in [-0.25, -0.2) is 4.98 Å². The van der Waals surface area contributed by atoms with Gasteiger partial charge < -0.3 is 14.8 Å². The van der Waals surface area contributed by atoms with E-state index in [-0.39, 0.29) is 5.56 Å². The lowest BCUT2D eigenvalue weighted by Gasteiger charge is -2.22. The van der Waals surface area contributed by atoms with E-state index in [2.05, 4.69) is 28.9 Å². The van der Waals surface area contributed by atoms with Crippen LogP contribution in [0.3, 0.4) is 0 Å². The van der Waals surface area contributed by atoms with Crippen LogP contribution in [0.5, 0.6) is 0 Å². The first-order chi connectivity index (χ1) is 14.0. The zero-order chi connectivity index (χ0) is 20.8. The van der Waals surface area contributed by atoms with Crippen molar-refractivity contribution in [3.05, 3.63) is 70.9 Å². The van der Waals surface area contributed by atoms with Crippen molar-refractivity contribution in [1.82, 2.24) is 4.98 Å². The third kappa shape index (κ3) is 4.61. The Morgan fingerprint density at radius 3 is 2.69 bits per heavy atom. The molecule has 0 aliphatic heterocycles. The zero-order valence-corrected chi connectivity index (χ0v) is 16.6. The molecular formula is C24H22N3O2-. The molecule has 1 aromatic heterocycles. The van der Waals surface area contributed by atoms with Gasteiger partial charge >= 0.3 is 0 Å². The summed E-state index contributed by atoms with van der Waals surface area (Å²) in [5, 5.41) is 20.9. The van der Waals surface area contributed by atoms with E-state index in [1.807, 2.05) is 37.3 Å². The number of pyridine rings is 1. The van der Waals surface area contributed by atoms with E-state index >= 15 is 0 Å². The molecule has 3 aromatic rings. The van der Waals surface area contributed by atoms with Gasteiger partial charge in [0.2, 0.25) is 0 Å². The maximum absolute atomic E-state index is 11.5. The van der Waals surface area contributed by atoms with Crippen molar-refractivity contribution in [3.63, 3.8) is 0 Å². The first-order valence-electron chi connectivity index (χ1n) is 9.55. The maximum Gasteiger partial charge on any atom is 0.0722 e. The largest absolute Gasteiger partial charge is 0.545 e. The predicted molar refractivity (Wildman–Crippen MR) is 114 cm³/mol. The van der Waals surface area contributed by atoms with Crippen LogP contribution < -0.4 is 10.0 Å². The molecule has 0 unspecified atom stereocenters. The molecule has 0 bridgehead atoms. The van der Waals surface area contributed by atoms with E-state index in [1.165, 1.54) is 0 Å². The summed E-state index contributed by atoms with van der Waals surface area (Å²) in [6.07, 6.45) is 4.23. The van der Waals surface area contributed by atoms with Gasteiger partial charge in [0, 0.05) is 29.7 Å². The lowest BCUT2D eigenvalue weighted by atomic mass is 10.0. The minimum absolute atomic E-state index is 0.137. The van der Waals surface area contributed by atoms with E-state index < -0.39 is 5.97 Å². The number of hydrogen-bond donors (Lipinski definition) is 0. The second-order valence-electron chi connectivity index (χ2n) is 6.76. The number of aromatic carboxylic acids is 1. The monoisotopic (exact) mass is 384 g/mol. The molecular weight excluding hydrogens is 362 g/mol. The molecule has 0 aliphatic carbocycles. The van der Waals surface area contributed by atoms with Gasteiger partial charge in [-0.1, -0.05) is 30.3 Å². The number of carbonyl (C=O) groups is 1. The van der Waals surface area contributed by atoms with E-state index in [0.29, 0.717) is 29.6 Å². The van der Waals surface area contributed by atoms with Crippen LogP contribution in [0.4, 0.5) is 5.69 Å². The van der Waals surface area contributed by atoms with Crippen LogP contribution in [-0.4, -0.2) is 24.0 Å². The Labute approximate surface area is 170 Å². The van der Waals surface area contributed by atoms with Crippen molar-refractivity contribution in [2.45, 2.75) is 20.3 Å². The molecule has 1 heterocycles. The SMILES string of the molecule is CCN(CCC#N)c1ccc(/C=C/c2cc(C(=O)[O-])c3ccccc3n2)c(C)c1. The first kappa shape index (κ1) is 20.1. The summed E-state index contributed by atoms with van der Waals surface area (Å²) in [7, 11) is 0. The number of nitriles is 1. The molecule has 0 saturated heterocycles. The molecule has 0 fully saturated rings. The van der Waals surface area contributed by atoms with Crippen molar-refractivity contribution in [1.29, 1.82) is 5.26 Å². The normalized spacial score (nSPS) is 10.9. The number of hydrogen-bond acceptors (Lipinski definition) is 5. The number of aryl methyl sites for hydroxylation is 1. The van der Waals surface area contributed by atoms with Crippen molar-refractivity contribution in [2.75, 3.05) is 18.0 Å². The number of nitrogens with zero attached hydrogens (tertiary/aromatic N) is 3. The van der Waals surface area contributed by atoms with Crippen LogP contribution in [0.2, 0.25) is 0 Å². The second-order valence-corrected chi connectivity index (χ2v) is 6.76. The highest BCUT2D eigenvalue weighted by atomic mass is 16.4. The quantitative estimate of drug-likeness (QED) is 0.619. The zero-order valence-electron chi connectivity index (χ0n) is 16.6. The van der Waals surface area contributed by atoms with Crippen LogP contribution in [0.1, 0.15) is 40.5 Å². The number of carbonyl (C=O) groups excluding carboxylic acids is 1. The average Bonchev–Trinajstić information content (AvgIpc) is 2.73. The summed E-state index contributed by atoms with van der Waals surface area (Å²) in [5.41, 5.74) is 4.52. The van der Waals surface area contributed by atoms with E-state index in [1.54, 1.807) is 24.3 Å². The Morgan fingerprint density at radius 1 is 1.21 bits per heavy atom. The number of aromatic nitrogens is 1. The fraction of sp³-hybridized carbons (Fsp3) is 0.208. The third-order valence-corrected chi connectivity index (χ3v) is 4.88. The van der Waals surface area contributed by atoms with Gasteiger partial charge in [-0.3, -0.25) is 0 Å². The number of benzene rings is 2. The first-order valence-corrected chi connectivity index (χ1v) is 9.55. The summed E-state index contributed by atoms with van der Waals surface area (Å²) in [5.74, 6) is -1.21. The molecule has 0 N–H and O–H groups in total. The number of fused-ring (bicyclic) bond motifs is 1. The summed E-state index contributed by atoms with van der Waals surface area (Å²) >= 11 is 0. The van der Waals surface area contributed by atoms with Crippen LogP contribution >= 0.6 is 0 Å². The van der Waals surface area contributed by atoms with Crippen molar-refractivity contribution >= 4 is 34.7 Å². The van der Waals surface area contributed by atoms with Gasteiger partial charge in [0.25, 0.3) is 0 Å². The van der Waals surface area contributed by atoms with E-state index in [4.69, 9.17) is 5.26 Å². The minimum atomic E-state index is -1.21. The van der Waals surface area contributed by atoms with Gasteiger partial charge in [0.05, 0.1) is 29.7 Å². The Hall–Kier alpha value is -3.65. The Bertz CT molecular complexity index is 1110. The Kier molecular flexibility index (Phi) is 6.25. The van der Waals surface area contributed by atoms with Gasteiger partial charge in [0.1, 0.15) is 0 Å². The molecule has 5 heteroatoms. The second kappa shape index (κ2) is 9.03. The number of rotatable bonds is 7. The molecule has 146 valence electrons. The summed E-state index contributed by atoms with van der Waals surface area (Å²) in [4.78, 5) is 18.2. The Balaban J connectivity index is 1.90. The third-order valence-electron chi connectivity index (χ3n) is 4.88. The molecule has 3 rings (SSSR count). The number of anilines is 1. The molecule has 0 saturated carbocycles. The molecule has 0 aliphatic rings. The predicted octanol–water partition coefficient (Wildman–Crippen LogP) is 3.82. The van der Waals surface area contributed by atoms with Crippen LogP contribution in [-0.2, 0) is 0 Å². The van der Waals surface area contributed by atoms with Gasteiger partial charge in [-0.05, 0) is 55.3 Å². The smallest absolute Gasteiger partial charge is 0.0722 e. The molecule has 0 amide bonds. The van der Waals surface area contributed by atoms with Gasteiger partial charge in [0.15, 0.2) is 0 Å².